The summed E-state index contributed by atoms with van der Waals surface area (Å²) in [7, 11) is 0. The first-order valence-corrected chi connectivity index (χ1v) is 9.40. The molecule has 0 atom stereocenters. The van der Waals surface area contributed by atoms with E-state index in [-0.39, 0.29) is 5.91 Å². The van der Waals surface area contributed by atoms with Gasteiger partial charge in [0.2, 0.25) is 0 Å². The van der Waals surface area contributed by atoms with Gasteiger partial charge in [-0.3, -0.25) is 10.1 Å². The average molecular weight is 387 g/mol. The highest BCUT2D eigenvalue weighted by Gasteiger charge is 2.30. The van der Waals surface area contributed by atoms with E-state index in [0.29, 0.717) is 32.2 Å². The van der Waals surface area contributed by atoms with Gasteiger partial charge >= 0.3 is 0 Å². The number of amides is 1. The third kappa shape index (κ3) is 5.33. The molecule has 0 aliphatic heterocycles. The van der Waals surface area contributed by atoms with Crippen LogP contribution in [-0.4, -0.2) is 17.1 Å². The molecule has 1 aliphatic carbocycles. The van der Waals surface area contributed by atoms with E-state index in [0.717, 1.165) is 18.8 Å². The lowest BCUT2D eigenvalue weighted by Gasteiger charge is -2.37. The number of nitrogens with one attached hydrogen (secondary N) is 2. The Kier molecular flexibility index (Phi) is 6.52. The molecule has 1 aliphatic rings. The largest absolute Gasteiger partial charge is 0.360 e. The van der Waals surface area contributed by atoms with E-state index in [1.54, 1.807) is 18.2 Å². The first-order valence-electron chi connectivity index (χ1n) is 8.23. The fourth-order valence-electron chi connectivity index (χ4n) is 3.17. The van der Waals surface area contributed by atoms with Gasteiger partial charge in [0.1, 0.15) is 0 Å². The second kappa shape index (κ2) is 8.03. The predicted molar refractivity (Wildman–Crippen MR) is 105 cm³/mol. The smallest absolute Gasteiger partial charge is 0.258 e. The normalized spacial score (nSPS) is 21.2. The summed E-state index contributed by atoms with van der Waals surface area (Å²) in [6.45, 7) is 6.89. The Balaban J connectivity index is 1.84. The van der Waals surface area contributed by atoms with E-state index >= 15 is 0 Å². The van der Waals surface area contributed by atoms with Gasteiger partial charge in [0.15, 0.2) is 5.11 Å². The zero-order chi connectivity index (χ0) is 17.9. The molecule has 0 aromatic heterocycles. The van der Waals surface area contributed by atoms with Crippen molar-refractivity contribution in [1.82, 2.24) is 10.6 Å². The molecule has 1 aromatic rings. The van der Waals surface area contributed by atoms with Crippen LogP contribution in [-0.2, 0) is 0 Å². The van der Waals surface area contributed by atoms with Crippen molar-refractivity contribution in [3.63, 3.8) is 0 Å². The molecule has 0 spiro atoms. The van der Waals surface area contributed by atoms with Crippen LogP contribution < -0.4 is 10.6 Å². The summed E-state index contributed by atoms with van der Waals surface area (Å²) in [6.07, 6.45) is 4.50. The van der Waals surface area contributed by atoms with E-state index in [2.05, 4.69) is 31.4 Å². The van der Waals surface area contributed by atoms with Crippen LogP contribution in [0.2, 0.25) is 10.0 Å². The van der Waals surface area contributed by atoms with Crippen LogP contribution in [0.25, 0.3) is 0 Å². The third-order valence-electron chi connectivity index (χ3n) is 4.69. The van der Waals surface area contributed by atoms with Crippen molar-refractivity contribution in [3.05, 3.63) is 33.8 Å². The lowest BCUT2D eigenvalue weighted by atomic mass is 9.71. The Bertz CT molecular complexity index is 620. The minimum atomic E-state index is -0.322. The topological polar surface area (TPSA) is 41.1 Å². The highest BCUT2D eigenvalue weighted by Crippen LogP contribution is 2.37. The van der Waals surface area contributed by atoms with E-state index in [1.165, 1.54) is 12.8 Å². The lowest BCUT2D eigenvalue weighted by Crippen LogP contribution is -2.46. The predicted octanol–water partition coefficient (Wildman–Crippen LogP) is 5.20. The van der Waals surface area contributed by atoms with Gasteiger partial charge in [-0.15, -0.1) is 0 Å². The Hall–Kier alpha value is -0.840. The molecule has 6 heteroatoms. The highest BCUT2D eigenvalue weighted by molar-refractivity contribution is 7.80. The first-order chi connectivity index (χ1) is 11.2. The molecule has 2 N–H and O–H groups in total. The van der Waals surface area contributed by atoms with E-state index in [9.17, 15) is 4.79 Å². The summed E-state index contributed by atoms with van der Waals surface area (Å²) in [5.41, 5.74) is 0.715. The van der Waals surface area contributed by atoms with Crippen LogP contribution in [0, 0.1) is 11.3 Å². The number of halogens is 2. The van der Waals surface area contributed by atoms with Gasteiger partial charge in [0.25, 0.3) is 5.91 Å². The van der Waals surface area contributed by atoms with Gasteiger partial charge in [-0.25, -0.2) is 0 Å². The SMILES string of the molecule is CC(C)(C)C1CCC(NC(=S)NC(=O)c2ccc(Cl)cc2Cl)CC1. The fraction of sp³-hybridized carbons (Fsp3) is 0.556. The summed E-state index contributed by atoms with van der Waals surface area (Å²) < 4.78 is 0. The third-order valence-corrected chi connectivity index (χ3v) is 5.46. The number of rotatable bonds is 2. The van der Waals surface area contributed by atoms with Crippen LogP contribution in [0.3, 0.4) is 0 Å². The van der Waals surface area contributed by atoms with Crippen molar-refractivity contribution < 1.29 is 4.79 Å². The summed E-state index contributed by atoms with van der Waals surface area (Å²) in [5, 5.41) is 7.11. The molecule has 0 bridgehead atoms. The molecule has 1 amide bonds. The van der Waals surface area contributed by atoms with Crippen molar-refractivity contribution in [2.45, 2.75) is 52.5 Å². The van der Waals surface area contributed by atoms with Crippen LogP contribution >= 0.6 is 35.4 Å². The number of carbonyl (C=O) groups is 1. The maximum absolute atomic E-state index is 12.2. The monoisotopic (exact) mass is 386 g/mol. The Morgan fingerprint density at radius 2 is 1.79 bits per heavy atom. The van der Waals surface area contributed by atoms with E-state index < -0.39 is 0 Å². The first kappa shape index (κ1) is 19.5. The molecule has 0 radical (unpaired) electrons. The van der Waals surface area contributed by atoms with Crippen molar-refractivity contribution >= 4 is 46.4 Å². The van der Waals surface area contributed by atoms with Crippen molar-refractivity contribution in [2.24, 2.45) is 11.3 Å². The van der Waals surface area contributed by atoms with E-state index in [1.807, 2.05) is 0 Å². The summed E-state index contributed by atoms with van der Waals surface area (Å²) in [6, 6.07) is 5.09. The van der Waals surface area contributed by atoms with Crippen molar-refractivity contribution in [2.75, 3.05) is 0 Å². The van der Waals surface area contributed by atoms with Gasteiger partial charge < -0.3 is 5.32 Å². The molecule has 0 unspecified atom stereocenters. The molecule has 1 saturated carbocycles. The number of carbonyl (C=O) groups excluding carboxylic acids is 1. The van der Waals surface area contributed by atoms with Crippen molar-refractivity contribution in [3.8, 4) is 0 Å². The van der Waals surface area contributed by atoms with Gasteiger partial charge in [-0.2, -0.15) is 0 Å². The molecule has 132 valence electrons. The molecular formula is C18H24Cl2N2OS. The summed E-state index contributed by atoms with van der Waals surface area (Å²) >= 11 is 17.2. The lowest BCUT2D eigenvalue weighted by molar-refractivity contribution is 0.0976. The van der Waals surface area contributed by atoms with Gasteiger partial charge in [-0.1, -0.05) is 44.0 Å². The number of hydrogen-bond donors (Lipinski definition) is 2. The van der Waals surface area contributed by atoms with Crippen LogP contribution in [0.5, 0.6) is 0 Å². The minimum absolute atomic E-state index is 0.313. The van der Waals surface area contributed by atoms with Crippen molar-refractivity contribution in [1.29, 1.82) is 0 Å². The van der Waals surface area contributed by atoms with Crippen LogP contribution in [0.1, 0.15) is 56.8 Å². The molecular weight excluding hydrogens is 363 g/mol. The molecule has 1 aromatic carbocycles. The second-order valence-corrected chi connectivity index (χ2v) is 8.72. The number of benzene rings is 1. The number of hydrogen-bond acceptors (Lipinski definition) is 2. The zero-order valence-electron chi connectivity index (χ0n) is 14.3. The van der Waals surface area contributed by atoms with E-state index in [4.69, 9.17) is 35.4 Å². The van der Waals surface area contributed by atoms with Gasteiger partial charge in [0.05, 0.1) is 10.6 Å². The quantitative estimate of drug-likeness (QED) is 0.685. The minimum Gasteiger partial charge on any atom is -0.360 e. The Morgan fingerprint density at radius 3 is 2.33 bits per heavy atom. The zero-order valence-corrected chi connectivity index (χ0v) is 16.6. The second-order valence-electron chi connectivity index (χ2n) is 7.47. The maximum Gasteiger partial charge on any atom is 0.258 e. The average Bonchev–Trinajstić information content (AvgIpc) is 2.46. The standard InChI is InChI=1S/C18H24Cl2N2OS/c1-18(2,3)11-4-7-13(8-5-11)21-17(24)22-16(23)14-9-6-12(19)10-15(14)20/h6,9-11,13H,4-5,7-8H2,1-3H3,(H2,21,22,23,24). The maximum atomic E-state index is 12.2. The fourth-order valence-corrected chi connectivity index (χ4v) is 3.92. The Morgan fingerprint density at radius 1 is 1.17 bits per heavy atom. The summed E-state index contributed by atoms with van der Waals surface area (Å²) in [4.78, 5) is 12.2. The molecule has 3 nitrogen and oxygen atoms in total. The molecule has 2 rings (SSSR count). The number of thiocarbonyl (C=S) groups is 1. The highest BCUT2D eigenvalue weighted by atomic mass is 35.5. The Labute approximate surface area is 159 Å². The molecule has 24 heavy (non-hydrogen) atoms. The van der Waals surface area contributed by atoms with Gasteiger partial charge in [0, 0.05) is 11.1 Å². The molecule has 1 fully saturated rings. The molecule has 0 heterocycles. The van der Waals surface area contributed by atoms with Crippen LogP contribution in [0.15, 0.2) is 18.2 Å². The summed E-state index contributed by atoms with van der Waals surface area (Å²) in [5.74, 6) is 0.420. The van der Waals surface area contributed by atoms with Gasteiger partial charge in [-0.05, 0) is 67.4 Å². The van der Waals surface area contributed by atoms with Crippen LogP contribution in [0.4, 0.5) is 0 Å². The molecule has 0 saturated heterocycles.